The van der Waals surface area contributed by atoms with Crippen LogP contribution in [0.4, 0.5) is 4.39 Å². The molecule has 0 saturated carbocycles. The van der Waals surface area contributed by atoms with E-state index in [2.05, 4.69) is 0 Å². The lowest BCUT2D eigenvalue weighted by molar-refractivity contribution is 0.0678. The van der Waals surface area contributed by atoms with Gasteiger partial charge in [-0.25, -0.2) is 4.39 Å². The smallest absolute Gasteiger partial charge is 0.257 e. The molecular weight excluding hydrogens is 390 g/mol. The fourth-order valence-corrected chi connectivity index (χ4v) is 3.36. The van der Waals surface area contributed by atoms with Gasteiger partial charge < -0.3 is 15.4 Å². The van der Waals surface area contributed by atoms with Crippen LogP contribution in [0.2, 0.25) is 5.02 Å². The number of hydrogen-bond donors (Lipinski definition) is 1. The van der Waals surface area contributed by atoms with Crippen molar-refractivity contribution < 1.29 is 13.9 Å². The summed E-state index contributed by atoms with van der Waals surface area (Å²) in [6.07, 6.45) is 1.77. The third-order valence-corrected chi connectivity index (χ3v) is 5.02. The van der Waals surface area contributed by atoms with Crippen LogP contribution >= 0.6 is 24.0 Å². The lowest BCUT2D eigenvalue weighted by atomic mass is 9.90. The molecule has 1 aliphatic rings. The minimum absolute atomic E-state index is 0. The summed E-state index contributed by atoms with van der Waals surface area (Å²) in [6, 6.07) is 10.7. The molecule has 4 nitrogen and oxygen atoms in total. The second-order valence-electron chi connectivity index (χ2n) is 6.69. The Hall–Kier alpha value is -1.82. The normalized spacial score (nSPS) is 15.8. The predicted octanol–water partition coefficient (Wildman–Crippen LogP) is 4.89. The van der Waals surface area contributed by atoms with Crippen molar-refractivity contribution in [2.75, 3.05) is 13.1 Å². The van der Waals surface area contributed by atoms with Crippen LogP contribution in [-0.2, 0) is 0 Å². The van der Waals surface area contributed by atoms with E-state index in [1.165, 1.54) is 24.3 Å². The first-order valence-corrected chi connectivity index (χ1v) is 9.09. The number of likely N-dealkylation sites (tertiary alicyclic amines) is 1. The molecule has 0 radical (unpaired) electrons. The molecule has 0 aliphatic carbocycles. The van der Waals surface area contributed by atoms with Crippen LogP contribution in [-0.4, -0.2) is 29.9 Å². The number of carbonyl (C=O) groups is 1. The number of piperidine rings is 1. The van der Waals surface area contributed by atoms with Gasteiger partial charge in [0.2, 0.25) is 0 Å². The van der Waals surface area contributed by atoms with Crippen molar-refractivity contribution in [3.8, 4) is 11.5 Å². The summed E-state index contributed by atoms with van der Waals surface area (Å²) < 4.78 is 18.9. The van der Waals surface area contributed by atoms with Crippen LogP contribution in [0, 0.1) is 11.7 Å². The zero-order valence-electron chi connectivity index (χ0n) is 15.0. The first kappa shape index (κ1) is 21.5. The highest BCUT2D eigenvalue weighted by Gasteiger charge is 2.27. The molecular formula is C20H23Cl2FN2O2. The van der Waals surface area contributed by atoms with Crippen molar-refractivity contribution in [1.82, 2.24) is 4.90 Å². The summed E-state index contributed by atoms with van der Waals surface area (Å²) in [5, 5.41) is 0.463. The van der Waals surface area contributed by atoms with E-state index >= 15 is 0 Å². The number of amides is 1. The number of hydrogen-bond acceptors (Lipinski definition) is 3. The summed E-state index contributed by atoms with van der Waals surface area (Å²) in [4.78, 5) is 14.8. The Kier molecular flexibility index (Phi) is 7.48. The fraction of sp³-hybridized carbons (Fsp3) is 0.350. The highest BCUT2D eigenvalue weighted by atomic mass is 35.5. The minimum atomic E-state index is -0.346. The maximum Gasteiger partial charge on any atom is 0.257 e. The van der Waals surface area contributed by atoms with E-state index in [9.17, 15) is 9.18 Å². The van der Waals surface area contributed by atoms with Gasteiger partial charge in [0.05, 0.1) is 5.56 Å². The fourth-order valence-electron chi connectivity index (χ4n) is 3.19. The maximum atomic E-state index is 13.1. The van der Waals surface area contributed by atoms with Crippen LogP contribution in [0.5, 0.6) is 11.5 Å². The summed E-state index contributed by atoms with van der Waals surface area (Å²) in [7, 11) is 0. The Labute approximate surface area is 169 Å². The molecule has 0 bridgehead atoms. The van der Waals surface area contributed by atoms with Crippen LogP contribution in [0.25, 0.3) is 0 Å². The standard InChI is InChI=1S/C20H22ClFN2O2.ClH/c1-13(23)14-8-10-24(11-9-14)20(25)18-12-15(21)2-7-19(18)26-17-5-3-16(22)4-6-17;/h2-7,12-14H,8-11,23H2,1H3;1H. The van der Waals surface area contributed by atoms with Crippen molar-refractivity contribution >= 4 is 29.9 Å². The van der Waals surface area contributed by atoms with Crippen LogP contribution in [0.15, 0.2) is 42.5 Å². The first-order chi connectivity index (χ1) is 12.4. The SMILES string of the molecule is CC(N)C1CCN(C(=O)c2cc(Cl)ccc2Oc2ccc(F)cc2)CC1.Cl. The van der Waals surface area contributed by atoms with E-state index < -0.39 is 0 Å². The van der Waals surface area contributed by atoms with Crippen molar-refractivity contribution in [2.24, 2.45) is 11.7 Å². The monoisotopic (exact) mass is 412 g/mol. The third kappa shape index (κ3) is 5.34. The molecule has 1 saturated heterocycles. The molecule has 2 aromatic rings. The molecule has 3 rings (SSSR count). The van der Waals surface area contributed by atoms with Gasteiger partial charge in [0, 0.05) is 24.2 Å². The molecule has 1 atom stereocenters. The van der Waals surface area contributed by atoms with Gasteiger partial charge >= 0.3 is 0 Å². The van der Waals surface area contributed by atoms with Crippen LogP contribution < -0.4 is 10.5 Å². The molecule has 0 spiro atoms. The topological polar surface area (TPSA) is 55.6 Å². The van der Waals surface area contributed by atoms with Gasteiger partial charge in [-0.3, -0.25) is 4.79 Å². The van der Waals surface area contributed by atoms with E-state index in [1.807, 2.05) is 11.8 Å². The predicted molar refractivity (Wildman–Crippen MR) is 107 cm³/mol. The number of benzene rings is 2. The molecule has 0 aromatic heterocycles. The Morgan fingerprint density at radius 1 is 1.22 bits per heavy atom. The molecule has 146 valence electrons. The molecule has 2 N–H and O–H groups in total. The first-order valence-electron chi connectivity index (χ1n) is 8.72. The van der Waals surface area contributed by atoms with E-state index in [1.54, 1.807) is 18.2 Å². The molecule has 7 heteroatoms. The Bertz CT molecular complexity index is 776. The van der Waals surface area contributed by atoms with Gasteiger partial charge in [-0.05, 0) is 68.1 Å². The number of nitrogens with zero attached hydrogens (tertiary/aromatic N) is 1. The van der Waals surface area contributed by atoms with E-state index in [-0.39, 0.29) is 30.2 Å². The molecule has 1 unspecified atom stereocenters. The van der Waals surface area contributed by atoms with Gasteiger partial charge in [-0.15, -0.1) is 12.4 Å². The highest BCUT2D eigenvalue weighted by molar-refractivity contribution is 6.31. The minimum Gasteiger partial charge on any atom is -0.457 e. The van der Waals surface area contributed by atoms with Crippen LogP contribution in [0.1, 0.15) is 30.1 Å². The van der Waals surface area contributed by atoms with Gasteiger partial charge in [-0.1, -0.05) is 11.6 Å². The molecule has 1 aliphatic heterocycles. The van der Waals surface area contributed by atoms with Crippen LogP contribution in [0.3, 0.4) is 0 Å². The van der Waals surface area contributed by atoms with Gasteiger partial charge in [-0.2, -0.15) is 0 Å². The number of rotatable bonds is 4. The average molecular weight is 413 g/mol. The largest absolute Gasteiger partial charge is 0.457 e. The number of nitrogens with two attached hydrogens (primary N) is 1. The third-order valence-electron chi connectivity index (χ3n) is 4.78. The quantitative estimate of drug-likeness (QED) is 0.777. The summed E-state index contributed by atoms with van der Waals surface area (Å²) >= 11 is 6.10. The molecule has 27 heavy (non-hydrogen) atoms. The second-order valence-corrected chi connectivity index (χ2v) is 7.12. The second kappa shape index (κ2) is 9.40. The maximum absolute atomic E-state index is 13.1. The van der Waals surface area contributed by atoms with Crippen molar-refractivity contribution in [3.05, 3.63) is 58.9 Å². The zero-order valence-corrected chi connectivity index (χ0v) is 16.6. The molecule has 1 amide bonds. The Morgan fingerprint density at radius 3 is 2.44 bits per heavy atom. The molecule has 1 fully saturated rings. The average Bonchev–Trinajstić information content (AvgIpc) is 2.64. The lowest BCUT2D eigenvalue weighted by Crippen LogP contribution is -2.42. The van der Waals surface area contributed by atoms with Gasteiger partial charge in [0.25, 0.3) is 5.91 Å². The molecule has 2 aromatic carbocycles. The van der Waals surface area contributed by atoms with Crippen molar-refractivity contribution in [1.29, 1.82) is 0 Å². The zero-order chi connectivity index (χ0) is 18.7. The Morgan fingerprint density at radius 2 is 1.85 bits per heavy atom. The Balaban J connectivity index is 0.00000261. The number of carbonyl (C=O) groups excluding carboxylic acids is 1. The van der Waals surface area contributed by atoms with E-state index in [0.29, 0.717) is 41.1 Å². The highest BCUT2D eigenvalue weighted by Crippen LogP contribution is 2.30. The summed E-state index contributed by atoms with van der Waals surface area (Å²) in [5.41, 5.74) is 6.38. The van der Waals surface area contributed by atoms with Gasteiger partial charge in [0.1, 0.15) is 17.3 Å². The summed E-state index contributed by atoms with van der Waals surface area (Å²) in [5.74, 6) is 0.835. The van der Waals surface area contributed by atoms with E-state index in [0.717, 1.165) is 12.8 Å². The van der Waals surface area contributed by atoms with E-state index in [4.69, 9.17) is 22.1 Å². The van der Waals surface area contributed by atoms with Crippen molar-refractivity contribution in [2.45, 2.75) is 25.8 Å². The van der Waals surface area contributed by atoms with Crippen molar-refractivity contribution in [3.63, 3.8) is 0 Å². The lowest BCUT2D eigenvalue weighted by Gasteiger charge is -2.34. The summed E-state index contributed by atoms with van der Waals surface area (Å²) in [6.45, 7) is 3.33. The van der Waals surface area contributed by atoms with Gasteiger partial charge in [0.15, 0.2) is 0 Å². The number of halogens is 3. The molecule has 1 heterocycles. The number of ether oxygens (including phenoxy) is 1.